The van der Waals surface area contributed by atoms with E-state index in [1.807, 2.05) is 31.2 Å². The number of fused-ring (bicyclic) bond motifs is 1. The van der Waals surface area contributed by atoms with Gasteiger partial charge in [0.25, 0.3) is 10.0 Å². The van der Waals surface area contributed by atoms with E-state index in [1.165, 1.54) is 15.6 Å². The highest BCUT2D eigenvalue weighted by Crippen LogP contribution is 2.35. The molecule has 0 amide bonds. The number of anilines is 1. The van der Waals surface area contributed by atoms with Crippen LogP contribution in [0, 0.1) is 0 Å². The van der Waals surface area contributed by atoms with Gasteiger partial charge in [0.05, 0.1) is 5.69 Å². The molecule has 4 rings (SSSR count). The minimum Gasteiger partial charge on any atom is -0.339 e. The normalized spacial score (nSPS) is 14.1. The summed E-state index contributed by atoms with van der Waals surface area (Å²) >= 11 is 1.18. The van der Waals surface area contributed by atoms with E-state index in [0.29, 0.717) is 30.2 Å². The maximum Gasteiger partial charge on any atom is 0.273 e. The van der Waals surface area contributed by atoms with Crippen LogP contribution in [0.25, 0.3) is 11.4 Å². The van der Waals surface area contributed by atoms with Gasteiger partial charge in [0.15, 0.2) is 0 Å². The Balaban J connectivity index is 1.69. The number of aryl methyl sites for hydroxylation is 1. The number of nitrogens with zero attached hydrogens (tertiary/aromatic N) is 3. The number of para-hydroxylation sites is 1. The molecule has 0 unspecified atom stereocenters. The van der Waals surface area contributed by atoms with E-state index in [4.69, 9.17) is 4.52 Å². The molecule has 1 aliphatic rings. The van der Waals surface area contributed by atoms with Gasteiger partial charge < -0.3 is 4.52 Å². The van der Waals surface area contributed by atoms with Crippen LogP contribution in [0.15, 0.2) is 44.4 Å². The molecule has 124 valence electrons. The van der Waals surface area contributed by atoms with Crippen LogP contribution < -0.4 is 4.31 Å². The van der Waals surface area contributed by atoms with Gasteiger partial charge >= 0.3 is 0 Å². The number of thiophene rings is 1. The number of benzene rings is 1. The highest BCUT2D eigenvalue weighted by molar-refractivity contribution is 7.94. The van der Waals surface area contributed by atoms with Crippen LogP contribution in [-0.4, -0.2) is 25.1 Å². The third kappa shape index (κ3) is 2.42. The molecule has 24 heavy (non-hydrogen) atoms. The summed E-state index contributed by atoms with van der Waals surface area (Å²) in [6.07, 6.45) is 1.38. The van der Waals surface area contributed by atoms with Gasteiger partial charge in [-0.3, -0.25) is 4.31 Å². The summed E-state index contributed by atoms with van der Waals surface area (Å²) in [4.78, 5) is 4.25. The van der Waals surface area contributed by atoms with Gasteiger partial charge in [0.2, 0.25) is 11.7 Å². The zero-order valence-corrected chi connectivity index (χ0v) is 14.6. The Labute approximate surface area is 143 Å². The molecule has 2 aromatic heterocycles. The van der Waals surface area contributed by atoms with Gasteiger partial charge in [-0.25, -0.2) is 8.42 Å². The standard InChI is InChI=1S/C16H15N3O3S2/c1-2-14-17-16(18-22-14)12-9-15(23-10-12)24(20,21)19-8-7-11-5-3-4-6-13(11)19/h3-6,9-10H,2,7-8H2,1H3. The van der Waals surface area contributed by atoms with Gasteiger partial charge in [-0.15, -0.1) is 11.3 Å². The van der Waals surface area contributed by atoms with Crippen LogP contribution in [0.5, 0.6) is 0 Å². The van der Waals surface area contributed by atoms with Crippen molar-refractivity contribution in [1.82, 2.24) is 10.1 Å². The van der Waals surface area contributed by atoms with E-state index in [-0.39, 0.29) is 4.21 Å². The van der Waals surface area contributed by atoms with Crippen molar-refractivity contribution in [2.45, 2.75) is 24.0 Å². The summed E-state index contributed by atoms with van der Waals surface area (Å²) in [6, 6.07) is 9.22. The zero-order valence-electron chi connectivity index (χ0n) is 13.0. The van der Waals surface area contributed by atoms with E-state index < -0.39 is 10.0 Å². The molecule has 6 nitrogen and oxygen atoms in total. The highest BCUT2D eigenvalue weighted by Gasteiger charge is 2.32. The summed E-state index contributed by atoms with van der Waals surface area (Å²) < 4.78 is 32.8. The Kier molecular flexibility index (Phi) is 3.65. The monoisotopic (exact) mass is 361 g/mol. The van der Waals surface area contributed by atoms with Gasteiger partial charge in [-0.2, -0.15) is 4.98 Å². The van der Waals surface area contributed by atoms with Crippen molar-refractivity contribution in [3.8, 4) is 11.4 Å². The van der Waals surface area contributed by atoms with Crippen molar-refractivity contribution in [2.24, 2.45) is 0 Å². The molecule has 0 radical (unpaired) electrons. The molecule has 1 aliphatic heterocycles. The van der Waals surface area contributed by atoms with E-state index in [9.17, 15) is 8.42 Å². The lowest BCUT2D eigenvalue weighted by Gasteiger charge is -2.18. The van der Waals surface area contributed by atoms with E-state index >= 15 is 0 Å². The Hall–Kier alpha value is -2.19. The maximum atomic E-state index is 13.0. The molecule has 0 aliphatic carbocycles. The minimum atomic E-state index is -3.57. The molecule has 3 aromatic rings. The molecular formula is C16H15N3O3S2. The number of aromatic nitrogens is 2. The predicted octanol–water partition coefficient (Wildman–Crippen LogP) is 3.11. The third-order valence-corrected chi connectivity index (χ3v) is 7.22. The average Bonchev–Trinajstić information content (AvgIpc) is 3.32. The third-order valence-electron chi connectivity index (χ3n) is 3.99. The Morgan fingerprint density at radius 1 is 1.33 bits per heavy atom. The van der Waals surface area contributed by atoms with Crippen LogP contribution in [0.1, 0.15) is 18.4 Å². The fraction of sp³-hybridized carbons (Fsp3) is 0.250. The molecule has 0 spiro atoms. The quantitative estimate of drug-likeness (QED) is 0.714. The second kappa shape index (κ2) is 5.71. The maximum absolute atomic E-state index is 13.0. The smallest absolute Gasteiger partial charge is 0.273 e. The van der Waals surface area contributed by atoms with Crippen molar-refractivity contribution < 1.29 is 12.9 Å². The van der Waals surface area contributed by atoms with Crippen molar-refractivity contribution in [1.29, 1.82) is 0 Å². The summed E-state index contributed by atoms with van der Waals surface area (Å²) in [5, 5.41) is 5.65. The lowest BCUT2D eigenvalue weighted by atomic mass is 10.2. The summed E-state index contributed by atoms with van der Waals surface area (Å²) in [5.74, 6) is 0.959. The largest absolute Gasteiger partial charge is 0.339 e. The molecule has 0 saturated carbocycles. The molecule has 3 heterocycles. The molecular weight excluding hydrogens is 346 g/mol. The number of rotatable bonds is 4. The van der Waals surface area contributed by atoms with Crippen molar-refractivity contribution in [3.63, 3.8) is 0 Å². The Morgan fingerprint density at radius 3 is 2.96 bits per heavy atom. The first-order valence-corrected chi connectivity index (χ1v) is 9.93. The first-order valence-electron chi connectivity index (χ1n) is 7.61. The second-order valence-electron chi connectivity index (χ2n) is 5.48. The lowest BCUT2D eigenvalue weighted by molar-refractivity contribution is 0.383. The lowest BCUT2D eigenvalue weighted by Crippen LogP contribution is -2.28. The minimum absolute atomic E-state index is 0.289. The Morgan fingerprint density at radius 2 is 2.17 bits per heavy atom. The average molecular weight is 361 g/mol. The van der Waals surface area contributed by atoms with Gasteiger partial charge in [0.1, 0.15) is 4.21 Å². The predicted molar refractivity (Wildman–Crippen MR) is 91.7 cm³/mol. The zero-order chi connectivity index (χ0) is 16.7. The van der Waals surface area contributed by atoms with Crippen LogP contribution in [0.4, 0.5) is 5.69 Å². The molecule has 0 bridgehead atoms. The fourth-order valence-corrected chi connectivity index (χ4v) is 5.53. The topological polar surface area (TPSA) is 76.3 Å². The van der Waals surface area contributed by atoms with Crippen molar-refractivity contribution in [2.75, 3.05) is 10.8 Å². The summed E-state index contributed by atoms with van der Waals surface area (Å²) in [6.45, 7) is 2.39. The number of sulfonamides is 1. The van der Waals surface area contributed by atoms with Gasteiger partial charge in [-0.1, -0.05) is 30.3 Å². The van der Waals surface area contributed by atoms with Crippen LogP contribution in [0.3, 0.4) is 0 Å². The second-order valence-corrected chi connectivity index (χ2v) is 8.48. The fourth-order valence-electron chi connectivity index (χ4n) is 2.75. The van der Waals surface area contributed by atoms with E-state index in [2.05, 4.69) is 10.1 Å². The van der Waals surface area contributed by atoms with Crippen molar-refractivity contribution in [3.05, 3.63) is 47.2 Å². The number of hydrogen-bond acceptors (Lipinski definition) is 6. The van der Waals surface area contributed by atoms with Crippen LogP contribution in [0.2, 0.25) is 0 Å². The van der Waals surface area contributed by atoms with Crippen LogP contribution in [-0.2, 0) is 22.9 Å². The first-order chi connectivity index (χ1) is 11.6. The molecule has 0 saturated heterocycles. The van der Waals surface area contributed by atoms with Crippen molar-refractivity contribution >= 4 is 27.0 Å². The number of hydrogen-bond donors (Lipinski definition) is 0. The van der Waals surface area contributed by atoms with Gasteiger partial charge in [0, 0.05) is 23.9 Å². The Bertz CT molecular complexity index is 991. The summed E-state index contributed by atoms with van der Waals surface area (Å²) in [7, 11) is -3.57. The molecule has 1 aromatic carbocycles. The van der Waals surface area contributed by atoms with E-state index in [0.717, 1.165) is 17.7 Å². The van der Waals surface area contributed by atoms with Gasteiger partial charge in [-0.05, 0) is 24.1 Å². The van der Waals surface area contributed by atoms with E-state index in [1.54, 1.807) is 11.4 Å². The summed E-state index contributed by atoms with van der Waals surface area (Å²) in [5.41, 5.74) is 2.48. The van der Waals surface area contributed by atoms with Crippen LogP contribution >= 0.6 is 11.3 Å². The molecule has 0 N–H and O–H groups in total. The highest BCUT2D eigenvalue weighted by atomic mass is 32.2. The molecule has 0 fully saturated rings. The molecule has 8 heteroatoms. The molecule has 0 atom stereocenters. The first kappa shape index (κ1) is 15.3. The SMILES string of the molecule is CCc1nc(-c2csc(S(=O)(=O)N3CCc4ccccc43)c2)no1.